The van der Waals surface area contributed by atoms with Gasteiger partial charge in [-0.15, -0.1) is 11.6 Å². The molecule has 0 atom stereocenters. The number of anilines is 4. The van der Waals surface area contributed by atoms with Gasteiger partial charge in [-0.2, -0.15) is 0 Å². The lowest BCUT2D eigenvalue weighted by Gasteiger charge is -2.15. The molecule has 7 nitrogen and oxygen atoms in total. The van der Waals surface area contributed by atoms with Crippen LogP contribution in [0.25, 0.3) is 10.9 Å². The number of hydrogen-bond acceptors (Lipinski definition) is 5. The highest BCUT2D eigenvalue weighted by atomic mass is 35.5. The first-order valence-electron chi connectivity index (χ1n) is 9.36. The van der Waals surface area contributed by atoms with E-state index in [9.17, 15) is 9.59 Å². The maximum Gasteiger partial charge on any atom is 0.247 e. The molecule has 3 rings (SSSR count). The minimum atomic E-state index is -0.411. The number of carbonyl (C=O) groups excluding carboxylic acids is 2. The third-order valence-electron chi connectivity index (χ3n) is 4.45. The van der Waals surface area contributed by atoms with E-state index in [0.29, 0.717) is 34.0 Å². The molecule has 0 bridgehead atoms. The number of amides is 2. The molecule has 0 saturated heterocycles. The smallest absolute Gasteiger partial charge is 0.247 e. The number of alkyl halides is 1. The monoisotopic (exact) mass is 423 g/mol. The number of rotatable bonds is 7. The molecule has 0 aliphatic heterocycles. The molecule has 1 heterocycles. The van der Waals surface area contributed by atoms with Crippen LogP contribution in [0.3, 0.4) is 0 Å². The van der Waals surface area contributed by atoms with E-state index < -0.39 is 11.8 Å². The Bertz CT molecular complexity index is 1100. The molecule has 0 fully saturated rings. The molecular formula is C22H22ClN5O2. The molecule has 3 N–H and O–H groups in total. The molecule has 30 heavy (non-hydrogen) atoms. The largest absolute Gasteiger partial charge is 0.340 e. The lowest BCUT2D eigenvalue weighted by Crippen LogP contribution is -2.16. The number of halogens is 1. The summed E-state index contributed by atoms with van der Waals surface area (Å²) < 4.78 is 0. The highest BCUT2D eigenvalue weighted by Crippen LogP contribution is 2.32. The van der Waals surface area contributed by atoms with Gasteiger partial charge in [0.15, 0.2) is 0 Å². The maximum absolute atomic E-state index is 11.9. The maximum atomic E-state index is 11.9. The van der Waals surface area contributed by atoms with Gasteiger partial charge in [0.2, 0.25) is 11.8 Å². The van der Waals surface area contributed by atoms with Gasteiger partial charge in [0.05, 0.1) is 16.9 Å². The third kappa shape index (κ3) is 4.93. The van der Waals surface area contributed by atoms with Crippen molar-refractivity contribution in [1.82, 2.24) is 9.97 Å². The van der Waals surface area contributed by atoms with E-state index in [1.807, 2.05) is 12.1 Å². The van der Waals surface area contributed by atoms with Gasteiger partial charge in [0.1, 0.15) is 18.0 Å². The number of nitrogens with zero attached hydrogens (tertiary/aromatic N) is 2. The van der Waals surface area contributed by atoms with Crippen molar-refractivity contribution in [2.45, 2.75) is 19.8 Å². The molecule has 2 amide bonds. The van der Waals surface area contributed by atoms with E-state index in [4.69, 9.17) is 11.6 Å². The van der Waals surface area contributed by atoms with Crippen LogP contribution in [-0.4, -0.2) is 27.7 Å². The zero-order valence-electron chi connectivity index (χ0n) is 16.7. The second-order valence-corrected chi connectivity index (χ2v) is 7.18. The third-order valence-corrected chi connectivity index (χ3v) is 4.70. The Labute approximate surface area is 179 Å². The Kier molecular flexibility index (Phi) is 6.64. The van der Waals surface area contributed by atoms with Crippen LogP contribution >= 0.6 is 11.6 Å². The summed E-state index contributed by atoms with van der Waals surface area (Å²) in [6.07, 6.45) is 2.58. The summed E-state index contributed by atoms with van der Waals surface area (Å²) in [7, 11) is 0. The van der Waals surface area contributed by atoms with E-state index in [-0.39, 0.29) is 5.88 Å². The summed E-state index contributed by atoms with van der Waals surface area (Å²) in [6, 6.07) is 11.5. The van der Waals surface area contributed by atoms with Crippen molar-refractivity contribution in [3.8, 4) is 0 Å². The predicted octanol–water partition coefficient (Wildman–Crippen LogP) is 4.80. The summed E-state index contributed by atoms with van der Waals surface area (Å²) >= 11 is 5.60. The molecular weight excluding hydrogens is 402 g/mol. The second-order valence-electron chi connectivity index (χ2n) is 6.91. The molecule has 0 radical (unpaired) electrons. The molecule has 0 unspecified atom stereocenters. The Morgan fingerprint density at radius 1 is 1.10 bits per heavy atom. The lowest BCUT2D eigenvalue weighted by atomic mass is 10.0. The SMILES string of the molecule is C=CC(=O)Nc1cc2c(Nc3ccc(C(C)C)cc3)ncnc2cc1NC(=O)CCl. The Balaban J connectivity index is 2.03. The minimum absolute atomic E-state index is 0.212. The van der Waals surface area contributed by atoms with Gasteiger partial charge in [0, 0.05) is 11.1 Å². The minimum Gasteiger partial charge on any atom is -0.340 e. The first-order valence-corrected chi connectivity index (χ1v) is 9.89. The topological polar surface area (TPSA) is 96.0 Å². The number of nitrogens with one attached hydrogen (secondary N) is 3. The fourth-order valence-electron chi connectivity index (χ4n) is 2.86. The molecule has 154 valence electrons. The summed E-state index contributed by atoms with van der Waals surface area (Å²) in [4.78, 5) is 32.3. The van der Waals surface area contributed by atoms with Crippen LogP contribution in [0.15, 0.2) is 55.4 Å². The number of fused-ring (bicyclic) bond motifs is 1. The van der Waals surface area contributed by atoms with E-state index in [0.717, 1.165) is 11.8 Å². The van der Waals surface area contributed by atoms with Gasteiger partial charge in [-0.1, -0.05) is 32.6 Å². The van der Waals surface area contributed by atoms with Crippen molar-refractivity contribution in [2.75, 3.05) is 21.8 Å². The molecule has 2 aromatic carbocycles. The number of aromatic nitrogens is 2. The van der Waals surface area contributed by atoms with Crippen molar-refractivity contribution in [3.05, 3.63) is 60.9 Å². The molecule has 0 aliphatic carbocycles. The Hall–Kier alpha value is -3.45. The van der Waals surface area contributed by atoms with Crippen LogP contribution in [-0.2, 0) is 9.59 Å². The molecule has 1 aromatic heterocycles. The summed E-state index contributed by atoms with van der Waals surface area (Å²) in [5, 5.41) is 9.32. The molecule has 0 aliphatic rings. The Morgan fingerprint density at radius 3 is 2.43 bits per heavy atom. The van der Waals surface area contributed by atoms with Gasteiger partial charge >= 0.3 is 0 Å². The van der Waals surface area contributed by atoms with Crippen LogP contribution in [0.5, 0.6) is 0 Å². The van der Waals surface area contributed by atoms with E-state index in [2.05, 4.69) is 58.5 Å². The predicted molar refractivity (Wildman–Crippen MR) is 122 cm³/mol. The zero-order chi connectivity index (χ0) is 21.7. The van der Waals surface area contributed by atoms with Gasteiger partial charge in [-0.05, 0) is 41.8 Å². The fraction of sp³-hybridized carbons (Fsp3) is 0.182. The summed E-state index contributed by atoms with van der Waals surface area (Å²) in [6.45, 7) is 7.74. The van der Waals surface area contributed by atoms with Crippen LogP contribution in [0.4, 0.5) is 22.9 Å². The molecule has 8 heteroatoms. The van der Waals surface area contributed by atoms with Crippen molar-refractivity contribution < 1.29 is 9.59 Å². The quantitative estimate of drug-likeness (QED) is 0.374. The van der Waals surface area contributed by atoms with Crippen LogP contribution in [0.1, 0.15) is 25.3 Å². The van der Waals surface area contributed by atoms with Crippen molar-refractivity contribution in [3.63, 3.8) is 0 Å². The standard InChI is InChI=1S/C22H22ClN5O2/c1-4-20(29)27-18-9-16-17(10-19(18)28-21(30)11-23)24-12-25-22(16)26-15-7-5-14(6-8-15)13(2)3/h4-10,12-13H,1,11H2,2-3H3,(H,27,29)(H,28,30)(H,24,25,26). The highest BCUT2D eigenvalue weighted by molar-refractivity contribution is 6.29. The zero-order valence-corrected chi connectivity index (χ0v) is 17.5. The normalized spacial score (nSPS) is 10.7. The van der Waals surface area contributed by atoms with Crippen LogP contribution in [0, 0.1) is 0 Å². The van der Waals surface area contributed by atoms with Crippen molar-refractivity contribution in [2.24, 2.45) is 0 Å². The molecule has 3 aromatic rings. The number of carbonyl (C=O) groups is 2. The van der Waals surface area contributed by atoms with Gasteiger partial charge in [0.25, 0.3) is 0 Å². The lowest BCUT2D eigenvalue weighted by molar-refractivity contribution is -0.114. The second kappa shape index (κ2) is 9.37. The fourth-order valence-corrected chi connectivity index (χ4v) is 2.93. The van der Waals surface area contributed by atoms with Crippen LogP contribution < -0.4 is 16.0 Å². The molecule has 0 saturated carbocycles. The highest BCUT2D eigenvalue weighted by Gasteiger charge is 2.13. The van der Waals surface area contributed by atoms with Crippen LogP contribution in [0.2, 0.25) is 0 Å². The average molecular weight is 424 g/mol. The number of benzene rings is 2. The van der Waals surface area contributed by atoms with Gasteiger partial charge in [-0.25, -0.2) is 9.97 Å². The first kappa shape index (κ1) is 21.3. The Morgan fingerprint density at radius 2 is 1.80 bits per heavy atom. The van der Waals surface area contributed by atoms with Gasteiger partial charge < -0.3 is 16.0 Å². The average Bonchev–Trinajstić information content (AvgIpc) is 2.74. The number of hydrogen-bond donors (Lipinski definition) is 3. The molecule has 0 spiro atoms. The van der Waals surface area contributed by atoms with Gasteiger partial charge in [-0.3, -0.25) is 9.59 Å². The summed E-state index contributed by atoms with van der Waals surface area (Å²) in [5.41, 5.74) is 3.47. The van der Waals surface area contributed by atoms with E-state index in [1.165, 1.54) is 11.9 Å². The van der Waals surface area contributed by atoms with E-state index >= 15 is 0 Å². The first-order chi connectivity index (χ1) is 14.4. The van der Waals surface area contributed by atoms with Crippen molar-refractivity contribution in [1.29, 1.82) is 0 Å². The van der Waals surface area contributed by atoms with Crippen molar-refractivity contribution >= 4 is 57.2 Å². The van der Waals surface area contributed by atoms with E-state index in [1.54, 1.807) is 12.1 Å². The summed E-state index contributed by atoms with van der Waals surface area (Å²) in [5.74, 6) is -0.0112.